The van der Waals surface area contributed by atoms with E-state index in [9.17, 15) is 14.4 Å². The predicted molar refractivity (Wildman–Crippen MR) is 179 cm³/mol. The molecule has 3 amide bonds. The molecule has 1 saturated carbocycles. The molecule has 2 saturated heterocycles. The Morgan fingerprint density at radius 2 is 1.89 bits per heavy atom. The fourth-order valence-corrected chi connectivity index (χ4v) is 8.22. The van der Waals surface area contributed by atoms with Crippen molar-refractivity contribution in [2.24, 2.45) is 16.3 Å². The normalized spacial score (nSPS) is 30.0. The summed E-state index contributed by atoms with van der Waals surface area (Å²) in [5, 5.41) is 10.0. The SMILES string of the molecule is C=C(Cl)/N=C\C=C(/F)[C@H]1[C@H](C(=O)N[C@@H]2CC[C@@H](C(=O)N(CC)CC)OC2)NC2(CCC(C)(C)CC2)[C@@]12C(=O)Nc1cc(Cl)ccc12. The van der Waals surface area contributed by atoms with Gasteiger partial charge in [-0.25, -0.2) is 9.38 Å². The standard InChI is InChI=1S/C34H44Cl2FN5O4/c1-6-42(7-2)30(44)26-11-9-22(19-46-26)39-29(43)28-27(24(37)12-17-38-20(3)35)34(33(41-28)15-13-32(4,5)14-16-33)23-10-8-21(36)18-25(23)40-31(34)45/h8,10,12,17-18,22,26-28,41H,3,6-7,9,11,13-16,19H2,1-2,4-5H3,(H,39,43)(H,40,45)/b24-12-,38-17-/t22-,26+,27+,28-,34-/m1/s1. The molecule has 9 nitrogen and oxygen atoms in total. The Bertz CT molecular complexity index is 1440. The number of anilines is 1. The first-order valence-corrected chi connectivity index (χ1v) is 16.9. The highest BCUT2D eigenvalue weighted by molar-refractivity contribution is 6.31. The number of allylic oxidation sites excluding steroid dienone is 1. The molecule has 5 atom stereocenters. The Morgan fingerprint density at radius 1 is 1.20 bits per heavy atom. The monoisotopic (exact) mass is 675 g/mol. The smallest absolute Gasteiger partial charge is 0.251 e. The molecule has 12 heteroatoms. The molecule has 0 aromatic heterocycles. The quantitative estimate of drug-likeness (QED) is 0.245. The molecule has 1 aliphatic carbocycles. The van der Waals surface area contributed by atoms with Crippen LogP contribution in [-0.2, 0) is 24.5 Å². The summed E-state index contributed by atoms with van der Waals surface area (Å²) in [6, 6.07) is 3.65. The Morgan fingerprint density at radius 3 is 2.50 bits per heavy atom. The van der Waals surface area contributed by atoms with E-state index in [4.69, 9.17) is 27.9 Å². The molecule has 250 valence electrons. The van der Waals surface area contributed by atoms with E-state index < -0.39 is 40.8 Å². The van der Waals surface area contributed by atoms with Gasteiger partial charge in [-0.15, -0.1) is 0 Å². The van der Waals surface area contributed by atoms with Crippen molar-refractivity contribution in [3.8, 4) is 0 Å². The maximum Gasteiger partial charge on any atom is 0.251 e. The van der Waals surface area contributed by atoms with Gasteiger partial charge in [0.1, 0.15) is 22.5 Å². The van der Waals surface area contributed by atoms with Gasteiger partial charge in [-0.05, 0) is 81.6 Å². The highest BCUT2D eigenvalue weighted by Gasteiger charge is 2.73. The lowest BCUT2D eigenvalue weighted by Crippen LogP contribution is -2.62. The molecule has 3 fully saturated rings. The van der Waals surface area contributed by atoms with Crippen LogP contribution in [0, 0.1) is 11.3 Å². The van der Waals surface area contributed by atoms with Crippen LogP contribution in [0.3, 0.4) is 0 Å². The van der Waals surface area contributed by atoms with Crippen molar-refractivity contribution in [1.29, 1.82) is 0 Å². The van der Waals surface area contributed by atoms with Crippen LogP contribution in [0.25, 0.3) is 0 Å². The summed E-state index contributed by atoms with van der Waals surface area (Å²) in [6.07, 6.45) is 5.41. The molecule has 46 heavy (non-hydrogen) atoms. The number of benzene rings is 1. The van der Waals surface area contributed by atoms with Gasteiger partial charge in [0.15, 0.2) is 0 Å². The zero-order chi connectivity index (χ0) is 33.4. The second-order valence-electron chi connectivity index (χ2n) is 13.6. The number of carbonyl (C=O) groups is 3. The molecule has 0 bridgehead atoms. The lowest BCUT2D eigenvalue weighted by molar-refractivity contribution is -0.147. The lowest BCUT2D eigenvalue weighted by Gasteiger charge is -2.50. The Labute approximate surface area is 280 Å². The molecule has 2 spiro atoms. The van der Waals surface area contributed by atoms with Crippen LogP contribution in [0.2, 0.25) is 5.02 Å². The van der Waals surface area contributed by atoms with Crippen molar-refractivity contribution in [2.45, 2.75) is 95.4 Å². The molecule has 4 aliphatic rings. The number of hydrogen-bond donors (Lipinski definition) is 3. The second-order valence-corrected chi connectivity index (χ2v) is 14.5. The minimum absolute atomic E-state index is 0.0160. The fourth-order valence-electron chi connectivity index (χ4n) is 7.99. The van der Waals surface area contributed by atoms with Crippen molar-refractivity contribution in [3.05, 3.63) is 52.4 Å². The first kappa shape index (κ1) is 34.5. The Balaban J connectivity index is 1.52. The van der Waals surface area contributed by atoms with E-state index in [2.05, 4.69) is 41.4 Å². The number of carbonyl (C=O) groups excluding carboxylic acids is 3. The first-order chi connectivity index (χ1) is 21.8. The van der Waals surface area contributed by atoms with Crippen LogP contribution < -0.4 is 16.0 Å². The van der Waals surface area contributed by atoms with E-state index in [-0.39, 0.29) is 35.0 Å². The number of likely N-dealkylation sites (N-methyl/N-ethyl adjacent to an activating group) is 1. The first-order valence-electron chi connectivity index (χ1n) is 16.1. The molecule has 3 aliphatic heterocycles. The molecule has 0 radical (unpaired) electrons. The van der Waals surface area contributed by atoms with Crippen LogP contribution in [0.1, 0.15) is 71.8 Å². The molecule has 5 rings (SSSR count). The van der Waals surface area contributed by atoms with Gasteiger partial charge in [-0.1, -0.05) is 49.7 Å². The summed E-state index contributed by atoms with van der Waals surface area (Å²) >= 11 is 12.1. The Kier molecular flexibility index (Phi) is 10.0. The van der Waals surface area contributed by atoms with E-state index in [1.54, 1.807) is 23.1 Å². The third kappa shape index (κ3) is 6.14. The molecular formula is C34H44Cl2FN5O4. The minimum atomic E-state index is -1.46. The van der Waals surface area contributed by atoms with E-state index in [0.29, 0.717) is 55.0 Å². The van der Waals surface area contributed by atoms with Gasteiger partial charge in [0.05, 0.1) is 24.6 Å². The van der Waals surface area contributed by atoms with E-state index in [1.807, 2.05) is 13.8 Å². The Hall–Kier alpha value is -2.79. The van der Waals surface area contributed by atoms with E-state index >= 15 is 4.39 Å². The third-order valence-electron chi connectivity index (χ3n) is 10.5. The average Bonchev–Trinajstić information content (AvgIpc) is 3.47. The summed E-state index contributed by atoms with van der Waals surface area (Å²) < 4.78 is 22.7. The number of halogens is 3. The van der Waals surface area contributed by atoms with Crippen LogP contribution in [0.4, 0.5) is 10.1 Å². The van der Waals surface area contributed by atoms with Crippen LogP contribution in [-0.4, -0.2) is 72.3 Å². The third-order valence-corrected chi connectivity index (χ3v) is 10.8. The van der Waals surface area contributed by atoms with Crippen molar-refractivity contribution in [1.82, 2.24) is 15.5 Å². The number of amides is 3. The minimum Gasteiger partial charge on any atom is -0.366 e. The topological polar surface area (TPSA) is 112 Å². The molecule has 1 aromatic rings. The van der Waals surface area contributed by atoms with Crippen molar-refractivity contribution >= 4 is 52.8 Å². The number of aliphatic imine (C=N–C) groups is 1. The average molecular weight is 677 g/mol. The van der Waals surface area contributed by atoms with Gasteiger partial charge in [-0.2, -0.15) is 0 Å². The number of ether oxygens (including phenoxy) is 1. The van der Waals surface area contributed by atoms with Crippen molar-refractivity contribution in [3.63, 3.8) is 0 Å². The van der Waals surface area contributed by atoms with Gasteiger partial charge in [0.2, 0.25) is 11.8 Å². The maximum absolute atomic E-state index is 16.8. The van der Waals surface area contributed by atoms with Gasteiger partial charge in [0, 0.05) is 35.6 Å². The van der Waals surface area contributed by atoms with Crippen molar-refractivity contribution < 1.29 is 23.5 Å². The lowest BCUT2D eigenvalue weighted by atomic mass is 9.54. The van der Waals surface area contributed by atoms with Gasteiger partial charge in [0.25, 0.3) is 5.91 Å². The van der Waals surface area contributed by atoms with Crippen LogP contribution in [0.15, 0.2) is 46.8 Å². The molecule has 1 aromatic carbocycles. The number of fused-ring (bicyclic) bond motifs is 3. The molecule has 3 heterocycles. The van der Waals surface area contributed by atoms with Crippen LogP contribution in [0.5, 0.6) is 0 Å². The summed E-state index contributed by atoms with van der Waals surface area (Å²) in [7, 11) is 0. The van der Waals surface area contributed by atoms with Crippen molar-refractivity contribution in [2.75, 3.05) is 25.0 Å². The van der Waals surface area contributed by atoms with E-state index in [1.165, 1.54) is 6.21 Å². The summed E-state index contributed by atoms with van der Waals surface area (Å²) in [6.45, 7) is 13.1. The number of nitrogens with one attached hydrogen (secondary N) is 3. The summed E-state index contributed by atoms with van der Waals surface area (Å²) in [4.78, 5) is 47.2. The molecule has 0 unspecified atom stereocenters. The number of nitrogens with zero attached hydrogens (tertiary/aromatic N) is 2. The predicted octanol–water partition coefficient (Wildman–Crippen LogP) is 5.62. The fraction of sp³-hybridized carbons (Fsp3) is 0.588. The molecular weight excluding hydrogens is 632 g/mol. The largest absolute Gasteiger partial charge is 0.366 e. The zero-order valence-electron chi connectivity index (χ0n) is 26.9. The highest BCUT2D eigenvalue weighted by atomic mass is 35.5. The number of hydrogen-bond acceptors (Lipinski definition) is 6. The molecule has 3 N–H and O–H groups in total. The second kappa shape index (κ2) is 13.4. The maximum atomic E-state index is 16.8. The van der Waals surface area contributed by atoms with Crippen LogP contribution >= 0.6 is 23.2 Å². The van der Waals surface area contributed by atoms with Gasteiger partial charge >= 0.3 is 0 Å². The van der Waals surface area contributed by atoms with Gasteiger partial charge < -0.3 is 20.3 Å². The van der Waals surface area contributed by atoms with Gasteiger partial charge in [-0.3, -0.25) is 19.7 Å². The number of rotatable bonds is 8. The summed E-state index contributed by atoms with van der Waals surface area (Å²) in [5.74, 6) is -2.77. The highest BCUT2D eigenvalue weighted by Crippen LogP contribution is 2.62. The zero-order valence-corrected chi connectivity index (χ0v) is 28.4. The summed E-state index contributed by atoms with van der Waals surface area (Å²) in [5.41, 5.74) is -1.25. The van der Waals surface area contributed by atoms with E-state index in [0.717, 1.165) is 18.9 Å².